The first-order valence-electron chi connectivity index (χ1n) is 10.5. The molecule has 0 fully saturated rings. The molecule has 0 saturated carbocycles. The van der Waals surface area contributed by atoms with Gasteiger partial charge in [-0.05, 0) is 18.8 Å². The number of halogens is 1. The van der Waals surface area contributed by atoms with Crippen LogP contribution in [0.1, 0.15) is 117 Å². The monoisotopic (exact) mass is 360 g/mol. The number of unbranched alkanes of at least 4 members (excludes halogenated alkanes) is 12. The van der Waals surface area contributed by atoms with E-state index in [2.05, 4.69) is 13.8 Å². The topological polar surface area (TPSA) is 26.3 Å². The highest BCUT2D eigenvalue weighted by atomic mass is 35.5. The summed E-state index contributed by atoms with van der Waals surface area (Å²) in [5.74, 6) is 0.499. The van der Waals surface area contributed by atoms with Crippen molar-refractivity contribution in [2.45, 2.75) is 117 Å². The lowest BCUT2D eigenvalue weighted by Crippen LogP contribution is -2.11. The van der Waals surface area contributed by atoms with Crippen LogP contribution in [0.4, 0.5) is 4.79 Å². The Morgan fingerprint density at radius 3 is 1.46 bits per heavy atom. The standard InChI is InChI=1S/C21H41ClO2/c1-3-5-7-9-11-12-14-16-18-20(19-24-21(22)23)17-15-13-10-8-6-4-2/h20H,3-19H2,1-2H3. The van der Waals surface area contributed by atoms with E-state index >= 15 is 0 Å². The maximum absolute atomic E-state index is 10.8. The minimum Gasteiger partial charge on any atom is -0.453 e. The van der Waals surface area contributed by atoms with Crippen LogP contribution in [0.15, 0.2) is 0 Å². The predicted molar refractivity (Wildman–Crippen MR) is 106 cm³/mol. The molecule has 0 aliphatic heterocycles. The number of ether oxygens (including phenoxy) is 1. The van der Waals surface area contributed by atoms with Crippen molar-refractivity contribution in [1.82, 2.24) is 0 Å². The Morgan fingerprint density at radius 2 is 1.08 bits per heavy atom. The quantitative estimate of drug-likeness (QED) is 0.181. The lowest BCUT2D eigenvalue weighted by Gasteiger charge is -2.16. The van der Waals surface area contributed by atoms with Gasteiger partial charge >= 0.3 is 5.43 Å². The van der Waals surface area contributed by atoms with Gasteiger partial charge in [0.15, 0.2) is 0 Å². The third kappa shape index (κ3) is 18.1. The molecule has 3 heteroatoms. The molecule has 0 aromatic rings. The summed E-state index contributed by atoms with van der Waals surface area (Å²) in [7, 11) is 0. The molecule has 0 saturated heterocycles. The summed E-state index contributed by atoms with van der Waals surface area (Å²) in [5, 5.41) is 0. The van der Waals surface area contributed by atoms with E-state index in [0.29, 0.717) is 12.5 Å². The molecule has 0 N–H and O–H groups in total. The summed E-state index contributed by atoms with van der Waals surface area (Å²) in [4.78, 5) is 10.8. The van der Waals surface area contributed by atoms with E-state index in [0.717, 1.165) is 0 Å². The average Bonchev–Trinajstić information content (AvgIpc) is 2.57. The highest BCUT2D eigenvalue weighted by Crippen LogP contribution is 2.20. The van der Waals surface area contributed by atoms with Gasteiger partial charge in [0.2, 0.25) is 0 Å². The van der Waals surface area contributed by atoms with E-state index in [4.69, 9.17) is 16.3 Å². The van der Waals surface area contributed by atoms with Crippen LogP contribution in [0.3, 0.4) is 0 Å². The molecule has 0 heterocycles. The number of hydrogen-bond acceptors (Lipinski definition) is 2. The minimum atomic E-state index is -0.654. The van der Waals surface area contributed by atoms with Crippen molar-refractivity contribution < 1.29 is 9.53 Å². The smallest absolute Gasteiger partial charge is 0.403 e. The van der Waals surface area contributed by atoms with Gasteiger partial charge in [-0.2, -0.15) is 0 Å². The third-order valence-corrected chi connectivity index (χ3v) is 4.97. The Bertz CT molecular complexity index is 269. The Balaban J connectivity index is 3.69. The molecule has 0 rings (SSSR count). The normalized spacial score (nSPS) is 12.3. The van der Waals surface area contributed by atoms with E-state index in [9.17, 15) is 4.79 Å². The number of carbonyl (C=O) groups excluding carboxylic acids is 1. The zero-order chi connectivity index (χ0) is 17.9. The van der Waals surface area contributed by atoms with Crippen molar-refractivity contribution in [2.24, 2.45) is 5.92 Å². The van der Waals surface area contributed by atoms with Crippen LogP contribution in [-0.4, -0.2) is 12.0 Å². The second-order valence-electron chi connectivity index (χ2n) is 7.23. The molecule has 0 radical (unpaired) electrons. The molecule has 0 aliphatic carbocycles. The zero-order valence-electron chi connectivity index (χ0n) is 16.3. The fourth-order valence-electron chi connectivity index (χ4n) is 3.27. The second-order valence-corrected chi connectivity index (χ2v) is 7.54. The molecule has 24 heavy (non-hydrogen) atoms. The van der Waals surface area contributed by atoms with E-state index in [-0.39, 0.29) is 0 Å². The van der Waals surface area contributed by atoms with Crippen LogP contribution in [0.25, 0.3) is 0 Å². The maximum atomic E-state index is 10.8. The maximum Gasteiger partial charge on any atom is 0.403 e. The number of carbonyl (C=O) groups is 1. The molecular formula is C21H41ClO2. The van der Waals surface area contributed by atoms with Gasteiger partial charge in [0.25, 0.3) is 0 Å². The van der Waals surface area contributed by atoms with Gasteiger partial charge in [0.05, 0.1) is 6.61 Å². The van der Waals surface area contributed by atoms with Crippen LogP contribution in [-0.2, 0) is 4.74 Å². The lowest BCUT2D eigenvalue weighted by atomic mass is 9.94. The van der Waals surface area contributed by atoms with Crippen molar-refractivity contribution in [1.29, 1.82) is 0 Å². The molecular weight excluding hydrogens is 320 g/mol. The number of rotatable bonds is 18. The van der Waals surface area contributed by atoms with Gasteiger partial charge in [0, 0.05) is 11.6 Å². The molecule has 0 spiro atoms. The van der Waals surface area contributed by atoms with Crippen LogP contribution in [0.2, 0.25) is 0 Å². The minimum absolute atomic E-state index is 0.499. The Labute approximate surface area is 156 Å². The largest absolute Gasteiger partial charge is 0.453 e. The summed E-state index contributed by atoms with van der Waals surface area (Å²) >= 11 is 5.32. The lowest BCUT2D eigenvalue weighted by molar-refractivity contribution is 0.144. The summed E-state index contributed by atoms with van der Waals surface area (Å²) in [5.41, 5.74) is -0.654. The molecule has 0 aromatic heterocycles. The van der Waals surface area contributed by atoms with Crippen LogP contribution in [0, 0.1) is 5.92 Å². The zero-order valence-corrected chi connectivity index (χ0v) is 17.0. The molecule has 0 aliphatic rings. The van der Waals surface area contributed by atoms with Gasteiger partial charge in [-0.25, -0.2) is 4.79 Å². The van der Waals surface area contributed by atoms with Gasteiger partial charge in [-0.3, -0.25) is 0 Å². The highest BCUT2D eigenvalue weighted by molar-refractivity contribution is 6.61. The SMILES string of the molecule is CCCCCCCCCCC(CCCCCCCC)COC(=O)Cl. The van der Waals surface area contributed by atoms with Gasteiger partial charge in [0.1, 0.15) is 0 Å². The van der Waals surface area contributed by atoms with Crippen LogP contribution in [0.5, 0.6) is 0 Å². The summed E-state index contributed by atoms with van der Waals surface area (Å²) < 4.78 is 5.05. The third-order valence-electron chi connectivity index (χ3n) is 4.86. The summed E-state index contributed by atoms with van der Waals surface area (Å²) in [6.07, 6.45) is 21.0. The fourth-order valence-corrected chi connectivity index (χ4v) is 3.34. The average molecular weight is 361 g/mol. The Kier molecular flexibility index (Phi) is 18.9. The summed E-state index contributed by atoms with van der Waals surface area (Å²) in [6, 6.07) is 0. The first-order chi connectivity index (χ1) is 11.7. The highest BCUT2D eigenvalue weighted by Gasteiger charge is 2.11. The first kappa shape index (κ1) is 23.8. The second kappa shape index (κ2) is 19.1. The predicted octanol–water partition coefficient (Wildman–Crippen LogP) is 8.26. The van der Waals surface area contributed by atoms with E-state index in [1.807, 2.05) is 0 Å². The van der Waals surface area contributed by atoms with Gasteiger partial charge < -0.3 is 4.74 Å². The van der Waals surface area contributed by atoms with Crippen LogP contribution >= 0.6 is 11.6 Å². The van der Waals surface area contributed by atoms with Crippen molar-refractivity contribution >= 4 is 17.0 Å². The van der Waals surface area contributed by atoms with Crippen molar-refractivity contribution in [3.63, 3.8) is 0 Å². The fraction of sp³-hybridized carbons (Fsp3) is 0.952. The Hall–Kier alpha value is -0.240. The molecule has 144 valence electrons. The first-order valence-corrected chi connectivity index (χ1v) is 10.9. The molecule has 0 bridgehead atoms. The van der Waals surface area contributed by atoms with Crippen LogP contribution < -0.4 is 0 Å². The van der Waals surface area contributed by atoms with E-state index in [1.165, 1.54) is 103 Å². The molecule has 0 amide bonds. The molecule has 2 nitrogen and oxygen atoms in total. The van der Waals surface area contributed by atoms with Gasteiger partial charge in [-0.1, -0.05) is 104 Å². The molecule has 1 atom stereocenters. The van der Waals surface area contributed by atoms with Crippen molar-refractivity contribution in [3.05, 3.63) is 0 Å². The van der Waals surface area contributed by atoms with Gasteiger partial charge in [-0.15, -0.1) is 0 Å². The molecule has 1 unspecified atom stereocenters. The van der Waals surface area contributed by atoms with Crippen molar-refractivity contribution in [2.75, 3.05) is 6.61 Å². The summed E-state index contributed by atoms with van der Waals surface area (Å²) in [6.45, 7) is 5.02. The van der Waals surface area contributed by atoms with E-state index < -0.39 is 5.43 Å². The molecule has 0 aromatic carbocycles. The Morgan fingerprint density at radius 1 is 0.708 bits per heavy atom. The number of hydrogen-bond donors (Lipinski definition) is 0. The van der Waals surface area contributed by atoms with E-state index in [1.54, 1.807) is 0 Å². The van der Waals surface area contributed by atoms with Crippen molar-refractivity contribution in [3.8, 4) is 0 Å².